The van der Waals surface area contributed by atoms with Crippen LogP contribution in [0.1, 0.15) is 0 Å². The van der Waals surface area contributed by atoms with E-state index in [2.05, 4.69) is 4.98 Å². The maximum Gasteiger partial charge on any atom is 0.213 e. The Morgan fingerprint density at radius 3 is 2.50 bits per heavy atom. The number of hydrogen-bond acceptors (Lipinski definition) is 2. The van der Waals surface area contributed by atoms with Gasteiger partial charge in [-0.3, -0.25) is 0 Å². The Kier molecular flexibility index (Phi) is 3.14. The van der Waals surface area contributed by atoms with Crippen LogP contribution in [-0.2, 0) is 0 Å². The van der Waals surface area contributed by atoms with E-state index in [-0.39, 0.29) is 4.90 Å². The van der Waals surface area contributed by atoms with Crippen molar-refractivity contribution in [3.63, 3.8) is 0 Å². The average Bonchev–Trinajstić information content (AvgIpc) is 2.22. The summed E-state index contributed by atoms with van der Waals surface area (Å²) < 4.78 is 38.6. The topological polar surface area (TPSA) is 12.9 Å². The molecular weight excluding hydrogens is 235 g/mol. The quantitative estimate of drug-likeness (QED) is 0.744. The fourth-order valence-electron chi connectivity index (χ4n) is 1.12. The molecule has 5 heteroatoms. The summed E-state index contributed by atoms with van der Waals surface area (Å²) in [5.74, 6) is -1.96. The summed E-state index contributed by atoms with van der Waals surface area (Å²) in [6.45, 7) is 0. The van der Waals surface area contributed by atoms with E-state index in [4.69, 9.17) is 0 Å². The fourth-order valence-corrected chi connectivity index (χ4v) is 1.91. The second-order valence-electron chi connectivity index (χ2n) is 2.98. The number of pyridine rings is 1. The molecule has 0 unspecified atom stereocenters. The molecule has 0 spiro atoms. The van der Waals surface area contributed by atoms with Crippen molar-refractivity contribution in [1.29, 1.82) is 0 Å². The molecule has 0 bridgehead atoms. The maximum absolute atomic E-state index is 13.3. The van der Waals surface area contributed by atoms with Crippen molar-refractivity contribution in [2.45, 2.75) is 9.92 Å². The van der Waals surface area contributed by atoms with Gasteiger partial charge in [-0.1, -0.05) is 17.8 Å². The van der Waals surface area contributed by atoms with Gasteiger partial charge in [-0.2, -0.15) is 4.39 Å². The normalized spacial score (nSPS) is 10.4. The molecule has 0 fully saturated rings. The van der Waals surface area contributed by atoms with E-state index in [1.54, 1.807) is 6.07 Å². The molecule has 0 N–H and O–H groups in total. The van der Waals surface area contributed by atoms with Gasteiger partial charge in [0.05, 0.1) is 0 Å². The monoisotopic (exact) mass is 241 g/mol. The van der Waals surface area contributed by atoms with Crippen molar-refractivity contribution in [3.05, 3.63) is 54.0 Å². The third-order valence-electron chi connectivity index (χ3n) is 1.80. The standard InChI is InChI=1S/C11H6F3NS/c12-7-4-5-9(8(13)6-7)16-11-3-1-2-10(14)15-11/h1-6H. The third kappa shape index (κ3) is 2.55. The Labute approximate surface area is 94.3 Å². The Balaban J connectivity index is 2.27. The number of rotatable bonds is 2. The van der Waals surface area contributed by atoms with E-state index in [0.29, 0.717) is 5.03 Å². The largest absolute Gasteiger partial charge is 0.213 e. The van der Waals surface area contributed by atoms with Crippen molar-refractivity contribution in [2.75, 3.05) is 0 Å². The molecule has 2 aromatic rings. The van der Waals surface area contributed by atoms with Crippen LogP contribution in [0.15, 0.2) is 46.3 Å². The summed E-state index contributed by atoms with van der Waals surface area (Å²) >= 11 is 0.944. The molecule has 1 nitrogen and oxygen atoms in total. The smallest absolute Gasteiger partial charge is 0.213 e. The highest BCUT2D eigenvalue weighted by Gasteiger charge is 2.06. The van der Waals surface area contributed by atoms with Gasteiger partial charge in [0.15, 0.2) is 0 Å². The zero-order chi connectivity index (χ0) is 11.5. The number of nitrogens with zero attached hydrogens (tertiary/aromatic N) is 1. The average molecular weight is 241 g/mol. The number of aromatic nitrogens is 1. The van der Waals surface area contributed by atoms with Gasteiger partial charge in [0.1, 0.15) is 16.7 Å². The van der Waals surface area contributed by atoms with Crippen LogP contribution in [0, 0.1) is 17.6 Å². The first-order valence-corrected chi connectivity index (χ1v) is 5.22. The predicted molar refractivity (Wildman–Crippen MR) is 54.7 cm³/mol. The van der Waals surface area contributed by atoms with Crippen molar-refractivity contribution < 1.29 is 13.2 Å². The van der Waals surface area contributed by atoms with Crippen LogP contribution in [0.5, 0.6) is 0 Å². The lowest BCUT2D eigenvalue weighted by atomic mass is 10.3. The molecule has 0 radical (unpaired) electrons. The van der Waals surface area contributed by atoms with E-state index >= 15 is 0 Å². The molecule has 0 aliphatic carbocycles. The van der Waals surface area contributed by atoms with Gasteiger partial charge < -0.3 is 0 Å². The summed E-state index contributed by atoms with van der Waals surface area (Å²) in [6, 6.07) is 7.45. The van der Waals surface area contributed by atoms with E-state index in [0.717, 1.165) is 23.9 Å². The lowest BCUT2D eigenvalue weighted by Crippen LogP contribution is -1.87. The van der Waals surface area contributed by atoms with Gasteiger partial charge in [-0.15, -0.1) is 0 Å². The van der Waals surface area contributed by atoms with E-state index < -0.39 is 17.6 Å². The Morgan fingerprint density at radius 1 is 1.00 bits per heavy atom. The third-order valence-corrected chi connectivity index (χ3v) is 2.79. The van der Waals surface area contributed by atoms with E-state index in [1.807, 2.05) is 0 Å². The lowest BCUT2D eigenvalue weighted by molar-refractivity contribution is 0.563. The molecule has 0 atom stereocenters. The minimum absolute atomic E-state index is 0.208. The maximum atomic E-state index is 13.3. The van der Waals surface area contributed by atoms with E-state index in [1.165, 1.54) is 18.2 Å². The molecule has 0 aliphatic heterocycles. The van der Waals surface area contributed by atoms with Crippen molar-refractivity contribution >= 4 is 11.8 Å². The van der Waals surface area contributed by atoms with Gasteiger partial charge in [0.25, 0.3) is 0 Å². The molecule has 0 saturated carbocycles. The second-order valence-corrected chi connectivity index (χ2v) is 4.04. The highest BCUT2D eigenvalue weighted by atomic mass is 32.2. The SMILES string of the molecule is Fc1ccc(Sc2cccc(F)n2)c(F)c1. The molecule has 1 heterocycles. The Morgan fingerprint density at radius 2 is 1.81 bits per heavy atom. The minimum atomic E-state index is -0.684. The molecule has 82 valence electrons. The van der Waals surface area contributed by atoms with Gasteiger partial charge in [-0.05, 0) is 24.3 Å². The summed E-state index contributed by atoms with van der Waals surface area (Å²) in [7, 11) is 0. The fraction of sp³-hybridized carbons (Fsp3) is 0. The highest BCUT2D eigenvalue weighted by Crippen LogP contribution is 2.28. The van der Waals surface area contributed by atoms with Gasteiger partial charge in [0.2, 0.25) is 5.95 Å². The zero-order valence-corrected chi connectivity index (χ0v) is 8.77. The van der Waals surface area contributed by atoms with Crippen LogP contribution < -0.4 is 0 Å². The van der Waals surface area contributed by atoms with Gasteiger partial charge >= 0.3 is 0 Å². The molecule has 16 heavy (non-hydrogen) atoms. The molecule has 0 amide bonds. The van der Waals surface area contributed by atoms with Crippen LogP contribution in [0.25, 0.3) is 0 Å². The predicted octanol–water partition coefficient (Wildman–Crippen LogP) is 3.65. The number of hydrogen-bond donors (Lipinski definition) is 0. The molecule has 1 aromatic carbocycles. The number of benzene rings is 1. The lowest BCUT2D eigenvalue weighted by Gasteiger charge is -2.02. The molecule has 0 aliphatic rings. The molecule has 1 aromatic heterocycles. The first kappa shape index (κ1) is 11.0. The van der Waals surface area contributed by atoms with Crippen LogP contribution in [0.4, 0.5) is 13.2 Å². The summed E-state index contributed by atoms with van der Waals surface area (Å²) in [6.07, 6.45) is 0. The van der Waals surface area contributed by atoms with Crippen LogP contribution >= 0.6 is 11.8 Å². The summed E-state index contributed by atoms with van der Waals surface area (Å²) in [4.78, 5) is 3.78. The summed E-state index contributed by atoms with van der Waals surface area (Å²) in [5.41, 5.74) is 0. The van der Waals surface area contributed by atoms with Crippen molar-refractivity contribution in [3.8, 4) is 0 Å². The van der Waals surface area contributed by atoms with E-state index in [9.17, 15) is 13.2 Å². The Hall–Kier alpha value is -1.49. The van der Waals surface area contributed by atoms with Crippen molar-refractivity contribution in [2.24, 2.45) is 0 Å². The Bertz CT molecular complexity index is 516. The van der Waals surface area contributed by atoms with Crippen LogP contribution in [0.3, 0.4) is 0 Å². The summed E-state index contributed by atoms with van der Waals surface area (Å²) in [5, 5.41) is 0.325. The van der Waals surface area contributed by atoms with Crippen LogP contribution in [-0.4, -0.2) is 4.98 Å². The highest BCUT2D eigenvalue weighted by molar-refractivity contribution is 7.99. The molecule has 2 rings (SSSR count). The van der Waals surface area contributed by atoms with Crippen LogP contribution in [0.2, 0.25) is 0 Å². The second kappa shape index (κ2) is 4.57. The molecule has 0 saturated heterocycles. The first-order chi connectivity index (χ1) is 7.65. The first-order valence-electron chi connectivity index (χ1n) is 4.40. The van der Waals surface area contributed by atoms with Crippen molar-refractivity contribution in [1.82, 2.24) is 4.98 Å². The zero-order valence-electron chi connectivity index (χ0n) is 7.95. The molecular formula is C11H6F3NS. The van der Waals surface area contributed by atoms with Gasteiger partial charge in [-0.25, -0.2) is 13.8 Å². The van der Waals surface area contributed by atoms with Gasteiger partial charge in [0, 0.05) is 11.0 Å². The number of halogens is 3. The minimum Gasteiger partial charge on any atom is -0.213 e.